The number of halogens is 1. The Balaban J connectivity index is 1.43. The van der Waals surface area contributed by atoms with Crippen LogP contribution in [0.5, 0.6) is 11.5 Å². The van der Waals surface area contributed by atoms with Gasteiger partial charge in [-0.1, -0.05) is 47.7 Å². The third-order valence-electron chi connectivity index (χ3n) is 7.27. The molecule has 238 valence electrons. The van der Waals surface area contributed by atoms with Crippen molar-refractivity contribution in [2.75, 3.05) is 13.7 Å². The van der Waals surface area contributed by atoms with Crippen molar-refractivity contribution in [1.29, 1.82) is 0 Å². The zero-order chi connectivity index (χ0) is 33.1. The normalized spacial score (nSPS) is 14.4. The number of rotatable bonds is 10. The van der Waals surface area contributed by atoms with Crippen molar-refractivity contribution in [2.45, 2.75) is 19.6 Å². The van der Waals surface area contributed by atoms with E-state index in [1.54, 1.807) is 35.8 Å². The van der Waals surface area contributed by atoms with Crippen molar-refractivity contribution in [2.24, 2.45) is 4.99 Å². The van der Waals surface area contributed by atoms with Gasteiger partial charge in [0.05, 0.1) is 38.9 Å². The van der Waals surface area contributed by atoms with Gasteiger partial charge in [-0.3, -0.25) is 19.5 Å². The molecular formula is C34H26BrN3O7S2. The van der Waals surface area contributed by atoms with E-state index in [4.69, 9.17) is 19.2 Å². The molecule has 10 nitrogen and oxygen atoms in total. The zero-order valence-corrected chi connectivity index (χ0v) is 28.3. The molecule has 47 heavy (non-hydrogen) atoms. The van der Waals surface area contributed by atoms with Crippen LogP contribution in [0.25, 0.3) is 11.8 Å². The number of hydrogen-bond donors (Lipinski definition) is 0. The molecule has 0 aliphatic carbocycles. The summed E-state index contributed by atoms with van der Waals surface area (Å²) in [4.78, 5) is 44.3. The second-order valence-electron chi connectivity index (χ2n) is 10.2. The number of ether oxygens (including phenoxy) is 3. The molecule has 0 unspecified atom stereocenters. The van der Waals surface area contributed by atoms with Gasteiger partial charge in [-0.2, -0.15) is 0 Å². The number of carbonyl (C=O) groups excluding carboxylic acids is 1. The number of hydrogen-bond acceptors (Lipinski definition) is 10. The molecule has 0 saturated heterocycles. The van der Waals surface area contributed by atoms with E-state index in [9.17, 15) is 19.7 Å². The van der Waals surface area contributed by atoms with E-state index >= 15 is 0 Å². The van der Waals surface area contributed by atoms with Gasteiger partial charge in [-0.25, -0.2) is 9.79 Å². The third kappa shape index (κ3) is 6.55. The number of nitro benzene ring substituents is 1. The lowest BCUT2D eigenvalue weighted by Crippen LogP contribution is -2.39. The minimum absolute atomic E-state index is 0.00254. The fraction of sp³-hybridized carbons (Fsp3) is 0.147. The molecule has 0 bridgehead atoms. The van der Waals surface area contributed by atoms with Crippen LogP contribution in [0, 0.1) is 10.1 Å². The zero-order valence-electron chi connectivity index (χ0n) is 25.0. The first-order chi connectivity index (χ1) is 22.8. The third-order valence-corrected chi connectivity index (χ3v) is 9.76. The summed E-state index contributed by atoms with van der Waals surface area (Å²) in [5.41, 5.74) is 2.63. The average molecular weight is 733 g/mol. The first-order valence-corrected chi connectivity index (χ1v) is 16.8. The molecule has 3 aromatic carbocycles. The molecule has 0 saturated carbocycles. The first kappa shape index (κ1) is 32.1. The summed E-state index contributed by atoms with van der Waals surface area (Å²) in [6, 6.07) is 22.1. The van der Waals surface area contributed by atoms with E-state index in [2.05, 4.69) is 15.9 Å². The number of fused-ring (bicyclic) bond motifs is 1. The van der Waals surface area contributed by atoms with Crippen LogP contribution in [0.4, 0.5) is 5.69 Å². The van der Waals surface area contributed by atoms with Gasteiger partial charge in [-0.15, -0.1) is 11.3 Å². The molecule has 1 aliphatic heterocycles. The van der Waals surface area contributed by atoms with Gasteiger partial charge in [0, 0.05) is 22.6 Å². The molecule has 2 aromatic heterocycles. The van der Waals surface area contributed by atoms with Gasteiger partial charge in [-0.05, 0) is 75.8 Å². The van der Waals surface area contributed by atoms with Crippen LogP contribution in [0.2, 0.25) is 0 Å². The smallest absolute Gasteiger partial charge is 0.338 e. The summed E-state index contributed by atoms with van der Waals surface area (Å²) in [5, 5.41) is 12.9. The molecule has 0 spiro atoms. The van der Waals surface area contributed by atoms with Crippen molar-refractivity contribution < 1.29 is 23.9 Å². The largest absolute Gasteiger partial charge is 0.493 e. The molecular weight excluding hydrogens is 706 g/mol. The molecule has 0 amide bonds. The van der Waals surface area contributed by atoms with Crippen molar-refractivity contribution in [3.63, 3.8) is 0 Å². The monoisotopic (exact) mass is 731 g/mol. The molecule has 1 atom stereocenters. The Hall–Kier alpha value is -4.85. The SMILES string of the molecule is CCOC(=O)C1=C(c2ccccc2)N=c2s/c(=C\c3cc(Br)c(OCc4ccc([N+](=O)[O-])cc4)c(OC)c3)c(=O)n2[C@H]1c1cccs1. The predicted molar refractivity (Wildman–Crippen MR) is 184 cm³/mol. The van der Waals surface area contributed by atoms with E-state index in [0.29, 0.717) is 42.1 Å². The molecule has 5 aromatic rings. The lowest BCUT2D eigenvalue weighted by Gasteiger charge is -2.24. The topological polar surface area (TPSA) is 122 Å². The number of nitro groups is 1. The molecule has 3 heterocycles. The van der Waals surface area contributed by atoms with E-state index in [-0.39, 0.29) is 24.5 Å². The molecule has 6 rings (SSSR count). The van der Waals surface area contributed by atoms with Crippen molar-refractivity contribution in [3.05, 3.63) is 146 Å². The van der Waals surface area contributed by atoms with Gasteiger partial charge in [0.25, 0.3) is 11.2 Å². The van der Waals surface area contributed by atoms with Crippen LogP contribution in [0.1, 0.15) is 34.5 Å². The van der Waals surface area contributed by atoms with Crippen LogP contribution in [0.3, 0.4) is 0 Å². The van der Waals surface area contributed by atoms with Crippen molar-refractivity contribution >= 4 is 62.0 Å². The standard InChI is InChI=1S/C34H26BrN3O7S2/c1-3-44-33(40)28-29(22-8-5-4-6-9-22)36-34-37(30(28)26-10-7-15-46-26)32(39)27(47-34)18-21-16-24(35)31(25(17-21)43-2)45-19-20-11-13-23(14-12-20)38(41)42/h4-18,30H,3,19H2,1-2H3/b27-18-/t30-/m0/s1. The average Bonchev–Trinajstić information content (AvgIpc) is 3.72. The summed E-state index contributed by atoms with van der Waals surface area (Å²) in [6.45, 7) is 2.07. The molecule has 1 aliphatic rings. The highest BCUT2D eigenvalue weighted by Crippen LogP contribution is 2.38. The Morgan fingerprint density at radius 2 is 1.87 bits per heavy atom. The Morgan fingerprint density at radius 3 is 2.53 bits per heavy atom. The number of benzene rings is 3. The first-order valence-electron chi connectivity index (χ1n) is 14.3. The van der Waals surface area contributed by atoms with Crippen LogP contribution in [-0.4, -0.2) is 29.2 Å². The van der Waals surface area contributed by atoms with Crippen molar-refractivity contribution in [1.82, 2.24) is 4.57 Å². The number of methoxy groups -OCH3 is 1. The van der Waals surface area contributed by atoms with E-state index in [1.165, 1.54) is 41.9 Å². The Morgan fingerprint density at radius 1 is 1.11 bits per heavy atom. The number of nitrogens with zero attached hydrogens (tertiary/aromatic N) is 3. The lowest BCUT2D eigenvalue weighted by atomic mass is 9.97. The second kappa shape index (κ2) is 13.9. The van der Waals surface area contributed by atoms with Crippen molar-refractivity contribution in [3.8, 4) is 11.5 Å². The maximum atomic E-state index is 14.1. The number of carbonyl (C=O) groups is 1. The Labute approximate surface area is 284 Å². The van der Waals surface area contributed by atoms with Crippen LogP contribution in [0.15, 0.2) is 104 Å². The maximum absolute atomic E-state index is 14.1. The highest BCUT2D eigenvalue weighted by molar-refractivity contribution is 9.10. The summed E-state index contributed by atoms with van der Waals surface area (Å²) >= 11 is 6.25. The lowest BCUT2D eigenvalue weighted by molar-refractivity contribution is -0.384. The Bertz CT molecular complexity index is 2180. The van der Waals surface area contributed by atoms with E-state index < -0.39 is 16.9 Å². The van der Waals surface area contributed by atoms with Crippen LogP contribution < -0.4 is 24.4 Å². The summed E-state index contributed by atoms with van der Waals surface area (Å²) in [6.07, 6.45) is 1.75. The van der Waals surface area contributed by atoms with Gasteiger partial charge in [0.2, 0.25) is 0 Å². The summed E-state index contributed by atoms with van der Waals surface area (Å²) in [7, 11) is 1.52. The predicted octanol–water partition coefficient (Wildman–Crippen LogP) is 6.26. The van der Waals surface area contributed by atoms with Gasteiger partial charge in [0.1, 0.15) is 12.6 Å². The molecule has 0 fully saturated rings. The van der Waals surface area contributed by atoms with E-state index in [1.807, 2.05) is 53.9 Å². The second-order valence-corrected chi connectivity index (χ2v) is 13.0. The van der Waals surface area contributed by atoms with E-state index in [0.717, 1.165) is 16.0 Å². The minimum atomic E-state index is -0.723. The Kier molecular flexibility index (Phi) is 9.48. The van der Waals surface area contributed by atoms with Crippen LogP contribution >= 0.6 is 38.6 Å². The molecule has 0 radical (unpaired) electrons. The number of esters is 1. The fourth-order valence-corrected chi connectivity index (χ4v) is 7.54. The number of aromatic nitrogens is 1. The number of thiophene rings is 1. The maximum Gasteiger partial charge on any atom is 0.338 e. The van der Waals surface area contributed by atoms with Gasteiger partial charge < -0.3 is 14.2 Å². The van der Waals surface area contributed by atoms with Gasteiger partial charge >= 0.3 is 5.97 Å². The molecule has 13 heteroatoms. The number of non-ortho nitro benzene ring substituents is 1. The minimum Gasteiger partial charge on any atom is -0.493 e. The highest BCUT2D eigenvalue weighted by atomic mass is 79.9. The quantitative estimate of drug-likeness (QED) is 0.0945. The molecule has 0 N–H and O–H groups in total. The summed E-state index contributed by atoms with van der Waals surface area (Å²) < 4.78 is 19.7. The fourth-order valence-electron chi connectivity index (χ4n) is 5.14. The number of thiazole rings is 1. The van der Waals surface area contributed by atoms with Gasteiger partial charge in [0.15, 0.2) is 16.3 Å². The highest BCUT2D eigenvalue weighted by Gasteiger charge is 2.35. The summed E-state index contributed by atoms with van der Waals surface area (Å²) in [5.74, 6) is 0.335. The van der Waals surface area contributed by atoms with Crippen LogP contribution in [-0.2, 0) is 16.1 Å².